The second kappa shape index (κ2) is 6.58. The van der Waals surface area contributed by atoms with E-state index >= 15 is 0 Å². The van der Waals surface area contributed by atoms with Crippen LogP contribution in [0.1, 0.15) is 28.8 Å². The Morgan fingerprint density at radius 3 is 2.45 bits per heavy atom. The summed E-state index contributed by atoms with van der Waals surface area (Å²) in [5, 5.41) is 2.86. The number of aromatic nitrogens is 1. The van der Waals surface area contributed by atoms with Crippen molar-refractivity contribution in [3.8, 4) is 0 Å². The summed E-state index contributed by atoms with van der Waals surface area (Å²) < 4.78 is 0. The third-order valence-electron chi connectivity index (χ3n) is 3.89. The molecule has 2 aromatic rings. The molecular weight excluding hydrogens is 276 g/mol. The fourth-order valence-corrected chi connectivity index (χ4v) is 2.59. The van der Waals surface area contributed by atoms with Gasteiger partial charge in [0.25, 0.3) is 5.91 Å². The Labute approximate surface area is 130 Å². The van der Waals surface area contributed by atoms with Crippen LogP contribution >= 0.6 is 0 Å². The van der Waals surface area contributed by atoms with E-state index in [1.54, 1.807) is 18.3 Å². The lowest BCUT2D eigenvalue weighted by molar-refractivity contribution is 0.102. The minimum Gasteiger partial charge on any atom is -0.357 e. The highest BCUT2D eigenvalue weighted by Crippen LogP contribution is 2.19. The van der Waals surface area contributed by atoms with Crippen molar-refractivity contribution in [2.75, 3.05) is 23.3 Å². The first-order valence-corrected chi connectivity index (χ1v) is 7.57. The highest BCUT2D eigenvalue weighted by atomic mass is 16.1. The summed E-state index contributed by atoms with van der Waals surface area (Å²) in [6.45, 7) is 2.60. The monoisotopic (exact) mass is 296 g/mol. The van der Waals surface area contributed by atoms with Crippen LogP contribution in [-0.4, -0.2) is 24.0 Å². The van der Waals surface area contributed by atoms with Crippen LogP contribution in [0.25, 0.3) is 0 Å². The molecule has 0 saturated carbocycles. The van der Waals surface area contributed by atoms with Gasteiger partial charge in [0.1, 0.15) is 5.82 Å². The molecule has 3 N–H and O–H groups in total. The van der Waals surface area contributed by atoms with Crippen molar-refractivity contribution >= 4 is 17.4 Å². The summed E-state index contributed by atoms with van der Waals surface area (Å²) in [4.78, 5) is 18.9. The van der Waals surface area contributed by atoms with E-state index in [0.29, 0.717) is 17.8 Å². The molecule has 1 saturated heterocycles. The van der Waals surface area contributed by atoms with Crippen LogP contribution in [0, 0.1) is 0 Å². The topological polar surface area (TPSA) is 71.2 Å². The van der Waals surface area contributed by atoms with E-state index in [9.17, 15) is 4.79 Å². The lowest BCUT2D eigenvalue weighted by Crippen LogP contribution is -2.19. The molecule has 1 aliphatic heterocycles. The molecular formula is C17H20N4O. The molecule has 0 unspecified atom stereocenters. The lowest BCUT2D eigenvalue weighted by atomic mass is 10.1. The number of amides is 1. The molecule has 1 aromatic carbocycles. The Bertz CT molecular complexity index is 631. The first-order valence-electron chi connectivity index (χ1n) is 7.57. The lowest BCUT2D eigenvalue weighted by Gasteiger charge is -2.16. The van der Waals surface area contributed by atoms with Crippen LogP contribution in [0.3, 0.4) is 0 Å². The Balaban J connectivity index is 1.65. The molecule has 5 heteroatoms. The van der Waals surface area contributed by atoms with Gasteiger partial charge in [0.2, 0.25) is 0 Å². The zero-order valence-corrected chi connectivity index (χ0v) is 12.5. The van der Waals surface area contributed by atoms with E-state index in [0.717, 1.165) is 24.5 Å². The van der Waals surface area contributed by atoms with Crippen LogP contribution in [0.2, 0.25) is 0 Å². The molecule has 1 aliphatic rings. The van der Waals surface area contributed by atoms with E-state index < -0.39 is 0 Å². The fraction of sp³-hybridized carbons (Fsp3) is 0.294. The fourth-order valence-electron chi connectivity index (χ4n) is 2.59. The van der Waals surface area contributed by atoms with Crippen LogP contribution < -0.4 is 16.0 Å². The summed E-state index contributed by atoms with van der Waals surface area (Å²) in [6.07, 6.45) is 4.15. The average molecular weight is 296 g/mol. The molecule has 0 radical (unpaired) electrons. The summed E-state index contributed by atoms with van der Waals surface area (Å²) in [6, 6.07) is 11.1. The molecule has 1 amide bonds. The highest BCUT2D eigenvalue weighted by molar-refractivity contribution is 6.04. The summed E-state index contributed by atoms with van der Waals surface area (Å²) >= 11 is 0. The van der Waals surface area contributed by atoms with Gasteiger partial charge in [0.05, 0.1) is 11.9 Å². The Hall–Kier alpha value is -2.40. The van der Waals surface area contributed by atoms with Gasteiger partial charge in [-0.1, -0.05) is 12.1 Å². The van der Waals surface area contributed by atoms with Crippen molar-refractivity contribution < 1.29 is 4.79 Å². The van der Waals surface area contributed by atoms with Gasteiger partial charge in [0, 0.05) is 25.2 Å². The molecule has 5 nitrogen and oxygen atoms in total. The minimum absolute atomic E-state index is 0.140. The zero-order chi connectivity index (χ0) is 15.4. The smallest absolute Gasteiger partial charge is 0.255 e. The van der Waals surface area contributed by atoms with E-state index in [2.05, 4.69) is 15.2 Å². The first-order chi connectivity index (χ1) is 10.8. The summed E-state index contributed by atoms with van der Waals surface area (Å²) in [5.74, 6) is 0.835. The molecule has 114 valence electrons. The number of nitrogens with two attached hydrogens (primary N) is 1. The van der Waals surface area contributed by atoms with Gasteiger partial charge in [-0.3, -0.25) is 4.79 Å². The van der Waals surface area contributed by atoms with E-state index in [1.165, 1.54) is 12.8 Å². The van der Waals surface area contributed by atoms with Crippen molar-refractivity contribution in [2.45, 2.75) is 19.4 Å². The largest absolute Gasteiger partial charge is 0.357 e. The molecule has 0 bridgehead atoms. The van der Waals surface area contributed by atoms with Crippen LogP contribution in [0.4, 0.5) is 11.5 Å². The van der Waals surface area contributed by atoms with Crippen molar-refractivity contribution in [1.82, 2.24) is 4.98 Å². The normalized spacial score (nSPS) is 14.1. The molecule has 1 fully saturated rings. The molecule has 3 rings (SSSR count). The molecule has 22 heavy (non-hydrogen) atoms. The van der Waals surface area contributed by atoms with Gasteiger partial charge in [0.15, 0.2) is 0 Å². The number of rotatable bonds is 4. The molecule has 1 aromatic heterocycles. The number of hydrogen-bond acceptors (Lipinski definition) is 4. The number of pyridine rings is 1. The van der Waals surface area contributed by atoms with Crippen LogP contribution in [0.15, 0.2) is 42.6 Å². The van der Waals surface area contributed by atoms with Crippen molar-refractivity contribution in [3.05, 3.63) is 53.7 Å². The van der Waals surface area contributed by atoms with Gasteiger partial charge in [-0.05, 0) is 42.7 Å². The predicted molar refractivity (Wildman–Crippen MR) is 88.0 cm³/mol. The SMILES string of the molecule is NCc1ccc(C(=O)Nc2ccc(N3CCCC3)nc2)cc1. The number of nitrogens with one attached hydrogen (secondary N) is 1. The molecule has 0 aliphatic carbocycles. The Morgan fingerprint density at radius 2 is 1.86 bits per heavy atom. The summed E-state index contributed by atoms with van der Waals surface area (Å²) in [5.41, 5.74) is 7.88. The molecule has 0 spiro atoms. The van der Waals surface area contributed by atoms with E-state index in [1.807, 2.05) is 24.3 Å². The Kier molecular flexibility index (Phi) is 4.34. The number of anilines is 2. The quantitative estimate of drug-likeness (QED) is 0.909. The first kappa shape index (κ1) is 14.5. The van der Waals surface area contributed by atoms with Crippen molar-refractivity contribution in [3.63, 3.8) is 0 Å². The standard InChI is InChI=1S/C17H20N4O/c18-11-13-3-5-14(6-4-13)17(22)20-15-7-8-16(19-12-15)21-9-1-2-10-21/h3-8,12H,1-2,9-11,18H2,(H,20,22). The zero-order valence-electron chi connectivity index (χ0n) is 12.5. The van der Waals surface area contributed by atoms with Gasteiger partial charge >= 0.3 is 0 Å². The van der Waals surface area contributed by atoms with Gasteiger partial charge < -0.3 is 16.0 Å². The maximum Gasteiger partial charge on any atom is 0.255 e. The Morgan fingerprint density at radius 1 is 1.14 bits per heavy atom. The van der Waals surface area contributed by atoms with Crippen molar-refractivity contribution in [2.24, 2.45) is 5.73 Å². The number of hydrogen-bond donors (Lipinski definition) is 2. The minimum atomic E-state index is -0.140. The van der Waals surface area contributed by atoms with Crippen LogP contribution in [0.5, 0.6) is 0 Å². The molecule has 2 heterocycles. The van der Waals surface area contributed by atoms with Gasteiger partial charge in [-0.25, -0.2) is 4.98 Å². The third-order valence-corrected chi connectivity index (χ3v) is 3.89. The predicted octanol–water partition coefficient (Wildman–Crippen LogP) is 2.39. The number of benzene rings is 1. The van der Waals surface area contributed by atoms with Gasteiger partial charge in [-0.2, -0.15) is 0 Å². The second-order valence-corrected chi connectivity index (χ2v) is 5.45. The van der Waals surface area contributed by atoms with Crippen LogP contribution in [-0.2, 0) is 6.54 Å². The second-order valence-electron chi connectivity index (χ2n) is 5.45. The number of carbonyl (C=O) groups excluding carboxylic acids is 1. The van der Waals surface area contributed by atoms with E-state index in [-0.39, 0.29) is 5.91 Å². The maximum absolute atomic E-state index is 12.2. The molecule has 0 atom stereocenters. The van der Waals surface area contributed by atoms with Crippen molar-refractivity contribution in [1.29, 1.82) is 0 Å². The van der Waals surface area contributed by atoms with Gasteiger partial charge in [-0.15, -0.1) is 0 Å². The average Bonchev–Trinajstić information content (AvgIpc) is 3.10. The highest BCUT2D eigenvalue weighted by Gasteiger charge is 2.13. The summed E-state index contributed by atoms with van der Waals surface area (Å²) in [7, 11) is 0. The maximum atomic E-state index is 12.2. The number of nitrogens with zero attached hydrogens (tertiary/aromatic N) is 2. The number of carbonyl (C=O) groups is 1. The van der Waals surface area contributed by atoms with E-state index in [4.69, 9.17) is 5.73 Å². The third kappa shape index (κ3) is 3.26.